The van der Waals surface area contributed by atoms with E-state index in [9.17, 15) is 9.59 Å². The minimum Gasteiger partial charge on any atom is -0.462 e. The summed E-state index contributed by atoms with van der Waals surface area (Å²) >= 11 is 0. The molecule has 0 aromatic carbocycles. The summed E-state index contributed by atoms with van der Waals surface area (Å²) in [4.78, 5) is 32.3. The largest absolute Gasteiger partial charge is 0.462 e. The smallest absolute Gasteiger partial charge is 0.339 e. The third-order valence-electron chi connectivity index (χ3n) is 4.22. The van der Waals surface area contributed by atoms with E-state index in [-0.39, 0.29) is 11.9 Å². The highest BCUT2D eigenvalue weighted by atomic mass is 16.5. The van der Waals surface area contributed by atoms with Gasteiger partial charge in [0.05, 0.1) is 18.7 Å². The van der Waals surface area contributed by atoms with Crippen LogP contribution in [0.4, 0.5) is 11.6 Å². The quantitative estimate of drug-likeness (QED) is 0.757. The molecule has 0 unspecified atom stereocenters. The van der Waals surface area contributed by atoms with Crippen molar-refractivity contribution in [3.63, 3.8) is 0 Å². The Labute approximate surface area is 157 Å². The molecule has 2 aromatic heterocycles. The van der Waals surface area contributed by atoms with Gasteiger partial charge in [-0.2, -0.15) is 0 Å². The summed E-state index contributed by atoms with van der Waals surface area (Å²) in [5.41, 5.74) is 0.444. The number of nitrogens with zero attached hydrogens (tertiary/aromatic N) is 4. The van der Waals surface area contributed by atoms with E-state index < -0.39 is 0 Å². The lowest BCUT2D eigenvalue weighted by atomic mass is 10.2. The fourth-order valence-electron chi connectivity index (χ4n) is 2.85. The molecule has 1 saturated heterocycles. The lowest BCUT2D eigenvalue weighted by molar-refractivity contribution is -0.117. The van der Waals surface area contributed by atoms with Gasteiger partial charge in [0.15, 0.2) is 5.82 Å². The Balaban J connectivity index is 1.47. The van der Waals surface area contributed by atoms with Crippen molar-refractivity contribution in [2.24, 2.45) is 0 Å². The minimum atomic E-state index is -0.366. The number of piperazine rings is 1. The van der Waals surface area contributed by atoms with Crippen molar-refractivity contribution in [2.45, 2.75) is 13.8 Å². The molecule has 0 spiro atoms. The van der Waals surface area contributed by atoms with E-state index in [1.165, 1.54) is 6.20 Å². The molecule has 1 N–H and O–H groups in total. The highest BCUT2D eigenvalue weighted by Crippen LogP contribution is 2.15. The number of hydrogen-bond donors (Lipinski definition) is 1. The maximum atomic E-state index is 12.1. The lowest BCUT2D eigenvalue weighted by Gasteiger charge is -2.34. The number of nitrogens with one attached hydrogen (secondary N) is 1. The molecule has 1 aliphatic heterocycles. The van der Waals surface area contributed by atoms with Crippen LogP contribution >= 0.6 is 0 Å². The van der Waals surface area contributed by atoms with Crippen LogP contribution in [-0.4, -0.2) is 66.2 Å². The highest BCUT2D eigenvalue weighted by molar-refractivity contribution is 5.91. The zero-order chi connectivity index (χ0) is 19.2. The van der Waals surface area contributed by atoms with E-state index in [0.29, 0.717) is 30.3 Å². The topological polar surface area (TPSA) is 101 Å². The van der Waals surface area contributed by atoms with E-state index in [4.69, 9.17) is 9.26 Å². The van der Waals surface area contributed by atoms with Gasteiger partial charge in [0.25, 0.3) is 0 Å². The lowest BCUT2D eigenvalue weighted by Crippen LogP contribution is -2.49. The molecule has 0 bridgehead atoms. The van der Waals surface area contributed by atoms with Gasteiger partial charge in [0, 0.05) is 38.4 Å². The molecule has 3 rings (SSSR count). The molecule has 144 valence electrons. The molecule has 1 fully saturated rings. The molecule has 1 amide bonds. The number of pyridine rings is 1. The van der Waals surface area contributed by atoms with E-state index in [0.717, 1.165) is 32.0 Å². The number of aryl methyl sites for hydroxylation is 1. The molecule has 9 heteroatoms. The maximum Gasteiger partial charge on any atom is 0.339 e. The van der Waals surface area contributed by atoms with Gasteiger partial charge in [0.1, 0.15) is 11.6 Å². The first-order valence-electron chi connectivity index (χ1n) is 8.89. The summed E-state index contributed by atoms with van der Waals surface area (Å²) < 4.78 is 9.90. The average Bonchev–Trinajstić information content (AvgIpc) is 3.07. The number of esters is 1. The zero-order valence-corrected chi connectivity index (χ0v) is 15.5. The summed E-state index contributed by atoms with van der Waals surface area (Å²) in [5, 5.41) is 6.48. The maximum absolute atomic E-state index is 12.1. The highest BCUT2D eigenvalue weighted by Gasteiger charge is 2.20. The second kappa shape index (κ2) is 8.63. The summed E-state index contributed by atoms with van der Waals surface area (Å²) in [6.45, 7) is 7.17. The normalized spacial score (nSPS) is 14.8. The van der Waals surface area contributed by atoms with E-state index >= 15 is 0 Å². The minimum absolute atomic E-state index is 0.117. The number of carbonyl (C=O) groups is 2. The summed E-state index contributed by atoms with van der Waals surface area (Å²) in [7, 11) is 0. The van der Waals surface area contributed by atoms with Crippen LogP contribution in [-0.2, 0) is 9.53 Å². The fourth-order valence-corrected chi connectivity index (χ4v) is 2.85. The molecule has 0 radical (unpaired) electrons. The van der Waals surface area contributed by atoms with Gasteiger partial charge in [-0.1, -0.05) is 5.16 Å². The van der Waals surface area contributed by atoms with Crippen molar-refractivity contribution in [3.8, 4) is 0 Å². The van der Waals surface area contributed by atoms with Gasteiger partial charge in [-0.15, -0.1) is 0 Å². The predicted octanol–water partition coefficient (Wildman–Crippen LogP) is 1.32. The monoisotopic (exact) mass is 373 g/mol. The van der Waals surface area contributed by atoms with Crippen LogP contribution in [0, 0.1) is 6.92 Å². The predicted molar refractivity (Wildman–Crippen MR) is 98.7 cm³/mol. The molecular formula is C18H23N5O4. The van der Waals surface area contributed by atoms with Gasteiger partial charge < -0.3 is 19.5 Å². The molecule has 0 saturated carbocycles. The Kier molecular flexibility index (Phi) is 6.02. The van der Waals surface area contributed by atoms with Gasteiger partial charge >= 0.3 is 5.97 Å². The molecule has 0 atom stereocenters. The Morgan fingerprint density at radius 2 is 2.04 bits per heavy atom. The van der Waals surface area contributed by atoms with Crippen LogP contribution in [0.2, 0.25) is 0 Å². The van der Waals surface area contributed by atoms with Crippen molar-refractivity contribution < 1.29 is 18.8 Å². The summed E-state index contributed by atoms with van der Waals surface area (Å²) in [5.74, 6) is 1.41. The number of ether oxygens (including phenoxy) is 1. The molecular weight excluding hydrogens is 350 g/mol. The molecule has 1 aliphatic rings. The van der Waals surface area contributed by atoms with Crippen molar-refractivity contribution in [2.75, 3.05) is 49.5 Å². The first-order chi connectivity index (χ1) is 13.0. The van der Waals surface area contributed by atoms with Crippen molar-refractivity contribution in [1.29, 1.82) is 0 Å². The summed E-state index contributed by atoms with van der Waals surface area (Å²) in [6, 6.07) is 5.23. The number of rotatable bonds is 6. The third-order valence-corrected chi connectivity index (χ3v) is 4.22. The molecule has 3 heterocycles. The van der Waals surface area contributed by atoms with Crippen molar-refractivity contribution >= 4 is 23.5 Å². The molecule has 9 nitrogen and oxygen atoms in total. The van der Waals surface area contributed by atoms with Gasteiger partial charge in [0.2, 0.25) is 5.91 Å². The molecule has 27 heavy (non-hydrogen) atoms. The van der Waals surface area contributed by atoms with Gasteiger partial charge in [-0.05, 0) is 26.0 Å². The third kappa shape index (κ3) is 5.04. The van der Waals surface area contributed by atoms with E-state index in [1.807, 2.05) is 6.07 Å². The number of amides is 1. The van der Waals surface area contributed by atoms with E-state index in [2.05, 4.69) is 25.3 Å². The SMILES string of the molecule is CCOC(=O)c1ccc(N2CCN(CC(=O)Nc3cc(C)on3)CC2)nc1. The first-order valence-corrected chi connectivity index (χ1v) is 8.89. The van der Waals surface area contributed by atoms with Crippen LogP contribution in [0.1, 0.15) is 23.0 Å². The van der Waals surface area contributed by atoms with Gasteiger partial charge in [-0.25, -0.2) is 9.78 Å². The Morgan fingerprint density at radius 1 is 1.26 bits per heavy atom. The van der Waals surface area contributed by atoms with E-state index in [1.54, 1.807) is 26.0 Å². The van der Waals surface area contributed by atoms with Gasteiger partial charge in [-0.3, -0.25) is 9.69 Å². The zero-order valence-electron chi connectivity index (χ0n) is 15.5. The van der Waals surface area contributed by atoms with Crippen LogP contribution in [0.5, 0.6) is 0 Å². The second-order valence-corrected chi connectivity index (χ2v) is 6.26. The summed E-state index contributed by atoms with van der Waals surface area (Å²) in [6.07, 6.45) is 1.53. The average molecular weight is 373 g/mol. The number of carbonyl (C=O) groups excluding carboxylic acids is 2. The number of anilines is 2. The number of aromatic nitrogens is 2. The molecule has 2 aromatic rings. The van der Waals surface area contributed by atoms with Crippen LogP contribution < -0.4 is 10.2 Å². The first kappa shape index (κ1) is 18.8. The number of hydrogen-bond acceptors (Lipinski definition) is 8. The Hall–Kier alpha value is -2.94. The Bertz CT molecular complexity index is 781. The second-order valence-electron chi connectivity index (χ2n) is 6.26. The fraction of sp³-hybridized carbons (Fsp3) is 0.444. The Morgan fingerprint density at radius 3 is 2.63 bits per heavy atom. The standard InChI is InChI=1S/C18H23N5O4/c1-3-26-18(25)14-4-5-16(19-11-14)23-8-6-22(7-9-23)12-17(24)20-15-10-13(2)27-21-15/h4-5,10-11H,3,6-9,12H2,1-2H3,(H,20,21,24). The van der Waals surface area contributed by atoms with Crippen LogP contribution in [0.15, 0.2) is 28.9 Å². The van der Waals surface area contributed by atoms with Crippen LogP contribution in [0.25, 0.3) is 0 Å². The van der Waals surface area contributed by atoms with Crippen LogP contribution in [0.3, 0.4) is 0 Å². The van der Waals surface area contributed by atoms with Crippen molar-refractivity contribution in [1.82, 2.24) is 15.0 Å². The van der Waals surface area contributed by atoms with Crippen molar-refractivity contribution in [3.05, 3.63) is 35.7 Å². The molecule has 0 aliphatic carbocycles.